The van der Waals surface area contributed by atoms with E-state index in [1.165, 1.54) is 12.1 Å². The van der Waals surface area contributed by atoms with Crippen molar-refractivity contribution in [2.75, 3.05) is 0 Å². The molecule has 1 rings (SSSR count). The van der Waals surface area contributed by atoms with Gasteiger partial charge in [0, 0.05) is 0 Å². The number of alkyl halides is 3. The van der Waals surface area contributed by atoms with Crippen LogP contribution >= 0.6 is 0 Å². The Morgan fingerprint density at radius 3 is 2.00 bits per heavy atom. The molecular weight excluding hydrogens is 241 g/mol. The van der Waals surface area contributed by atoms with Gasteiger partial charge in [-0.05, 0) is 17.7 Å². The second-order valence-corrected chi connectivity index (χ2v) is 3.73. The quantitative estimate of drug-likeness (QED) is 0.596. The standard InChI is InChI=1S/C9H11F3O3Si/c10-9(11,12)7-3-1-6(2-4-7)5-8(13,14)15-16/h1-4,13-14H,5H2,16H3. The zero-order valence-corrected chi connectivity index (χ0v) is 10.5. The lowest BCUT2D eigenvalue weighted by molar-refractivity contribution is -0.289. The Hall–Kier alpha value is -0.893. The van der Waals surface area contributed by atoms with Gasteiger partial charge in [0.1, 0.15) is 0 Å². The van der Waals surface area contributed by atoms with Gasteiger partial charge in [0.05, 0.1) is 12.0 Å². The molecular formula is C9H11F3O3Si. The van der Waals surface area contributed by atoms with Crippen LogP contribution < -0.4 is 0 Å². The number of aliphatic hydroxyl groups is 2. The number of benzene rings is 1. The summed E-state index contributed by atoms with van der Waals surface area (Å²) in [6.07, 6.45) is -4.66. The van der Waals surface area contributed by atoms with Crippen molar-refractivity contribution in [3.05, 3.63) is 35.4 Å². The zero-order chi connectivity index (χ0) is 12.4. The smallest absolute Gasteiger partial charge is 0.380 e. The minimum Gasteiger partial charge on any atom is -0.380 e. The van der Waals surface area contributed by atoms with Gasteiger partial charge < -0.3 is 14.6 Å². The number of halogens is 3. The maximum absolute atomic E-state index is 12.2. The Labute approximate surface area is 93.0 Å². The van der Waals surface area contributed by atoms with Gasteiger partial charge in [-0.15, -0.1) is 0 Å². The molecule has 16 heavy (non-hydrogen) atoms. The molecule has 0 aliphatic heterocycles. The minimum atomic E-state index is -4.39. The molecule has 0 aliphatic rings. The van der Waals surface area contributed by atoms with Crippen LogP contribution in [0.1, 0.15) is 11.1 Å². The lowest BCUT2D eigenvalue weighted by atomic mass is 10.1. The summed E-state index contributed by atoms with van der Waals surface area (Å²) in [7, 11) is 0.119. The fourth-order valence-electron chi connectivity index (χ4n) is 1.15. The van der Waals surface area contributed by atoms with Gasteiger partial charge >= 0.3 is 6.18 Å². The zero-order valence-electron chi connectivity index (χ0n) is 8.45. The third-order valence-electron chi connectivity index (χ3n) is 2.04. The van der Waals surface area contributed by atoms with Crippen LogP contribution in [0.5, 0.6) is 0 Å². The van der Waals surface area contributed by atoms with Crippen molar-refractivity contribution in [2.45, 2.75) is 18.6 Å². The summed E-state index contributed by atoms with van der Waals surface area (Å²) >= 11 is 0. The highest BCUT2D eigenvalue weighted by atomic mass is 28.2. The normalized spacial score (nSPS) is 13.1. The monoisotopic (exact) mass is 252 g/mol. The topological polar surface area (TPSA) is 49.7 Å². The van der Waals surface area contributed by atoms with Gasteiger partial charge in [-0.3, -0.25) is 0 Å². The molecule has 0 spiro atoms. The largest absolute Gasteiger partial charge is 0.416 e. The Kier molecular flexibility index (Phi) is 3.74. The van der Waals surface area contributed by atoms with Crippen molar-refractivity contribution in [1.29, 1.82) is 0 Å². The summed E-state index contributed by atoms with van der Waals surface area (Å²) in [5, 5.41) is 18.3. The Balaban J connectivity index is 2.80. The van der Waals surface area contributed by atoms with Crippen LogP contribution in [0.15, 0.2) is 24.3 Å². The lowest BCUT2D eigenvalue weighted by Gasteiger charge is -2.20. The Morgan fingerprint density at radius 2 is 1.62 bits per heavy atom. The fraction of sp³-hybridized carbons (Fsp3) is 0.333. The molecule has 0 saturated heterocycles. The highest BCUT2D eigenvalue weighted by molar-refractivity contribution is 5.98. The average Bonchev–Trinajstić information content (AvgIpc) is 2.16. The van der Waals surface area contributed by atoms with Gasteiger partial charge in [0.25, 0.3) is 5.97 Å². The van der Waals surface area contributed by atoms with Crippen molar-refractivity contribution in [2.24, 2.45) is 0 Å². The maximum Gasteiger partial charge on any atom is 0.416 e. The third-order valence-corrected chi connectivity index (χ3v) is 2.70. The molecule has 1 aromatic carbocycles. The van der Waals surface area contributed by atoms with E-state index in [2.05, 4.69) is 4.43 Å². The van der Waals surface area contributed by atoms with Gasteiger partial charge in [0.15, 0.2) is 10.5 Å². The Morgan fingerprint density at radius 1 is 1.12 bits per heavy atom. The molecule has 0 aliphatic carbocycles. The van der Waals surface area contributed by atoms with Gasteiger partial charge in [-0.25, -0.2) is 0 Å². The van der Waals surface area contributed by atoms with E-state index in [1.807, 2.05) is 0 Å². The summed E-state index contributed by atoms with van der Waals surface area (Å²) in [4.78, 5) is 0. The van der Waals surface area contributed by atoms with E-state index in [0.717, 1.165) is 12.1 Å². The molecule has 0 bridgehead atoms. The van der Waals surface area contributed by atoms with Crippen molar-refractivity contribution in [3.63, 3.8) is 0 Å². The van der Waals surface area contributed by atoms with Gasteiger partial charge in [-0.1, -0.05) is 12.1 Å². The molecule has 0 radical (unpaired) electrons. The van der Waals surface area contributed by atoms with Gasteiger partial charge in [-0.2, -0.15) is 13.2 Å². The molecule has 7 heteroatoms. The summed E-state index contributed by atoms with van der Waals surface area (Å²) in [6, 6.07) is 4.15. The van der Waals surface area contributed by atoms with Crippen LogP contribution in [0.4, 0.5) is 13.2 Å². The molecule has 90 valence electrons. The minimum absolute atomic E-state index is 0.119. The van der Waals surface area contributed by atoms with Crippen LogP contribution in [0, 0.1) is 0 Å². The predicted octanol–water partition coefficient (Wildman–Crippen LogP) is 0.183. The molecule has 3 nitrogen and oxygen atoms in total. The molecule has 0 saturated carbocycles. The van der Waals surface area contributed by atoms with Gasteiger partial charge in [0.2, 0.25) is 0 Å². The lowest BCUT2D eigenvalue weighted by Crippen LogP contribution is -2.33. The van der Waals surface area contributed by atoms with E-state index in [4.69, 9.17) is 10.2 Å². The summed E-state index contributed by atoms with van der Waals surface area (Å²) < 4.78 is 41.1. The molecule has 1 aromatic rings. The number of rotatable bonds is 3. The first kappa shape index (κ1) is 13.2. The van der Waals surface area contributed by atoms with E-state index < -0.39 is 17.7 Å². The first-order chi connectivity index (χ1) is 7.24. The van der Waals surface area contributed by atoms with Crippen LogP contribution in [-0.2, 0) is 17.0 Å². The summed E-state index contributed by atoms with van der Waals surface area (Å²) in [5.74, 6) is -2.30. The number of hydrogen-bond donors (Lipinski definition) is 2. The highest BCUT2D eigenvalue weighted by Gasteiger charge is 2.30. The fourth-order valence-corrected chi connectivity index (χ4v) is 1.29. The molecule has 0 heterocycles. The first-order valence-corrected chi connectivity index (χ1v) is 5.22. The molecule has 0 unspecified atom stereocenters. The molecule has 0 aromatic heterocycles. The second kappa shape index (κ2) is 4.54. The van der Waals surface area contributed by atoms with E-state index in [0.29, 0.717) is 5.56 Å². The van der Waals surface area contributed by atoms with Crippen LogP contribution in [0.2, 0.25) is 0 Å². The molecule has 2 N–H and O–H groups in total. The predicted molar refractivity (Wildman–Crippen MR) is 53.3 cm³/mol. The summed E-state index contributed by atoms with van der Waals surface area (Å²) in [6.45, 7) is 0. The first-order valence-electron chi connectivity index (χ1n) is 4.41. The van der Waals surface area contributed by atoms with Crippen LogP contribution in [0.25, 0.3) is 0 Å². The third kappa shape index (κ3) is 3.60. The summed E-state index contributed by atoms with van der Waals surface area (Å²) in [5.41, 5.74) is -0.418. The SMILES string of the molecule is OC(O)(Cc1ccc(C(F)(F)F)cc1)O[SiH3]. The maximum atomic E-state index is 12.2. The van der Waals surface area contributed by atoms with E-state index >= 15 is 0 Å². The molecule has 0 fully saturated rings. The van der Waals surface area contributed by atoms with Crippen LogP contribution in [-0.4, -0.2) is 26.7 Å². The second-order valence-electron chi connectivity index (χ2n) is 3.32. The molecule has 0 atom stereocenters. The van der Waals surface area contributed by atoms with Crippen molar-refractivity contribution >= 4 is 10.5 Å². The van der Waals surface area contributed by atoms with Crippen molar-refractivity contribution < 1.29 is 27.8 Å². The van der Waals surface area contributed by atoms with E-state index in [1.54, 1.807) is 0 Å². The van der Waals surface area contributed by atoms with Crippen molar-refractivity contribution in [3.8, 4) is 0 Å². The average molecular weight is 252 g/mol. The van der Waals surface area contributed by atoms with E-state index in [9.17, 15) is 13.2 Å². The Bertz CT molecular complexity index is 348. The number of hydrogen-bond acceptors (Lipinski definition) is 3. The van der Waals surface area contributed by atoms with E-state index in [-0.39, 0.29) is 16.9 Å². The molecule has 0 amide bonds. The van der Waals surface area contributed by atoms with Crippen molar-refractivity contribution in [1.82, 2.24) is 0 Å². The van der Waals surface area contributed by atoms with Crippen LogP contribution in [0.3, 0.4) is 0 Å². The highest BCUT2D eigenvalue weighted by Crippen LogP contribution is 2.29.